The summed E-state index contributed by atoms with van der Waals surface area (Å²) in [7, 11) is 3.08. The van der Waals surface area contributed by atoms with Crippen LogP contribution in [0.5, 0.6) is 11.5 Å². The number of hydrogen-bond acceptors (Lipinski definition) is 7. The van der Waals surface area contributed by atoms with Gasteiger partial charge in [0.05, 0.1) is 19.8 Å². The van der Waals surface area contributed by atoms with Crippen molar-refractivity contribution in [2.75, 3.05) is 19.5 Å². The van der Waals surface area contributed by atoms with Crippen molar-refractivity contribution in [3.8, 4) is 17.6 Å². The number of methoxy groups -OCH3 is 2. The second-order valence-electron chi connectivity index (χ2n) is 5.55. The molecule has 0 radical (unpaired) electrons. The van der Waals surface area contributed by atoms with E-state index in [-0.39, 0.29) is 6.42 Å². The Bertz CT molecular complexity index is 856. The van der Waals surface area contributed by atoms with Crippen molar-refractivity contribution in [3.05, 3.63) is 40.8 Å². The van der Waals surface area contributed by atoms with Crippen molar-refractivity contribution in [1.82, 2.24) is 0 Å². The molecule has 0 aliphatic rings. The third-order valence-corrected chi connectivity index (χ3v) is 4.61. The second-order valence-corrected chi connectivity index (χ2v) is 6.47. The molecule has 27 heavy (non-hydrogen) atoms. The molecule has 1 atom stereocenters. The van der Waals surface area contributed by atoms with E-state index in [1.165, 1.54) is 25.4 Å². The van der Waals surface area contributed by atoms with Crippen LogP contribution >= 0.6 is 11.3 Å². The number of anilines is 1. The molecule has 2 rings (SSSR count). The van der Waals surface area contributed by atoms with Gasteiger partial charge in [-0.2, -0.15) is 5.26 Å². The molecule has 1 aromatic heterocycles. The van der Waals surface area contributed by atoms with Crippen molar-refractivity contribution < 1.29 is 23.8 Å². The van der Waals surface area contributed by atoms with Gasteiger partial charge >= 0.3 is 5.97 Å². The summed E-state index contributed by atoms with van der Waals surface area (Å²) in [5.74, 6) is 0.163. The third-order valence-electron chi connectivity index (χ3n) is 3.78. The Labute approximate surface area is 161 Å². The first kappa shape index (κ1) is 20.3. The van der Waals surface area contributed by atoms with Crippen LogP contribution in [0.15, 0.2) is 29.6 Å². The summed E-state index contributed by atoms with van der Waals surface area (Å²) in [4.78, 5) is 24.2. The van der Waals surface area contributed by atoms with E-state index >= 15 is 0 Å². The smallest absolute Gasteiger partial charge is 0.306 e. The second kappa shape index (κ2) is 9.59. The highest BCUT2D eigenvalue weighted by Gasteiger charge is 2.20. The number of carbonyl (C=O) groups is 2. The maximum absolute atomic E-state index is 12.1. The maximum atomic E-state index is 12.1. The molecular formula is C19H20N2O5S. The number of rotatable bonds is 8. The third kappa shape index (κ3) is 5.21. The molecule has 0 saturated heterocycles. The minimum atomic E-state index is -0.974. The van der Waals surface area contributed by atoms with Crippen LogP contribution in [0.2, 0.25) is 0 Å². The predicted octanol–water partition coefficient (Wildman–Crippen LogP) is 3.14. The Balaban J connectivity index is 1.90. The van der Waals surface area contributed by atoms with Gasteiger partial charge in [0, 0.05) is 6.42 Å². The number of amides is 1. The normalized spacial score (nSPS) is 11.2. The lowest BCUT2D eigenvalue weighted by Crippen LogP contribution is -2.30. The lowest BCUT2D eigenvalue weighted by molar-refractivity contribution is -0.153. The van der Waals surface area contributed by atoms with Crippen molar-refractivity contribution in [1.29, 1.82) is 5.26 Å². The minimum Gasteiger partial charge on any atom is -0.493 e. The number of nitriles is 1. The standard InChI is InChI=1S/C19H20N2O5S/c1-12(18(23)21-19-14(11-20)9-10-27-19)26-16(22)8-7-13-5-4-6-15(24-2)17(13)25-3/h4-6,9-10,12H,7-8H2,1-3H3,(H,21,23)/t12-/m0/s1. The van der Waals surface area contributed by atoms with Gasteiger partial charge in [-0.05, 0) is 36.4 Å². The topological polar surface area (TPSA) is 97.6 Å². The number of hydrogen-bond donors (Lipinski definition) is 1. The van der Waals surface area contributed by atoms with E-state index in [1.807, 2.05) is 18.2 Å². The molecule has 0 spiro atoms. The van der Waals surface area contributed by atoms with E-state index in [4.69, 9.17) is 19.5 Å². The fourth-order valence-electron chi connectivity index (χ4n) is 2.40. The lowest BCUT2D eigenvalue weighted by atomic mass is 10.1. The molecule has 0 bridgehead atoms. The fraction of sp³-hybridized carbons (Fsp3) is 0.316. The molecule has 2 aromatic rings. The molecule has 142 valence electrons. The Hall–Kier alpha value is -3.05. The van der Waals surface area contributed by atoms with E-state index in [2.05, 4.69) is 5.32 Å². The van der Waals surface area contributed by atoms with E-state index in [1.54, 1.807) is 24.6 Å². The van der Waals surface area contributed by atoms with Crippen molar-refractivity contribution in [2.45, 2.75) is 25.9 Å². The molecule has 0 aliphatic heterocycles. The van der Waals surface area contributed by atoms with Gasteiger partial charge in [-0.25, -0.2) is 0 Å². The number of nitrogens with zero attached hydrogens (tertiary/aromatic N) is 1. The van der Waals surface area contributed by atoms with Crippen LogP contribution in [-0.2, 0) is 20.7 Å². The average molecular weight is 388 g/mol. The summed E-state index contributed by atoms with van der Waals surface area (Å²) in [6.45, 7) is 1.49. The summed E-state index contributed by atoms with van der Waals surface area (Å²) in [6, 6.07) is 9.02. The summed E-state index contributed by atoms with van der Waals surface area (Å²) < 4.78 is 15.8. The first-order chi connectivity index (χ1) is 13.0. The molecule has 0 saturated carbocycles. The number of aryl methyl sites for hydroxylation is 1. The van der Waals surface area contributed by atoms with Crippen LogP contribution < -0.4 is 14.8 Å². The molecular weight excluding hydrogens is 368 g/mol. The average Bonchev–Trinajstić information content (AvgIpc) is 3.12. The molecule has 1 N–H and O–H groups in total. The Kier molecular flexibility index (Phi) is 7.20. The zero-order chi connectivity index (χ0) is 19.8. The molecule has 0 aliphatic carbocycles. The van der Waals surface area contributed by atoms with Gasteiger partial charge in [-0.15, -0.1) is 11.3 Å². The van der Waals surface area contributed by atoms with Crippen LogP contribution in [0, 0.1) is 11.3 Å². The van der Waals surface area contributed by atoms with E-state index in [0.29, 0.717) is 28.5 Å². The maximum Gasteiger partial charge on any atom is 0.306 e. The zero-order valence-electron chi connectivity index (χ0n) is 15.3. The Morgan fingerprint density at radius 2 is 2.04 bits per heavy atom. The number of nitrogens with one attached hydrogen (secondary N) is 1. The Morgan fingerprint density at radius 3 is 2.70 bits per heavy atom. The first-order valence-electron chi connectivity index (χ1n) is 8.18. The van der Waals surface area contributed by atoms with E-state index in [0.717, 1.165) is 5.56 Å². The highest BCUT2D eigenvalue weighted by molar-refractivity contribution is 7.14. The van der Waals surface area contributed by atoms with Crippen LogP contribution in [-0.4, -0.2) is 32.2 Å². The monoisotopic (exact) mass is 388 g/mol. The number of ether oxygens (including phenoxy) is 3. The summed E-state index contributed by atoms with van der Waals surface area (Å²) in [6.07, 6.45) is -0.501. The quantitative estimate of drug-likeness (QED) is 0.698. The lowest BCUT2D eigenvalue weighted by Gasteiger charge is -2.14. The number of thiophene rings is 1. The largest absolute Gasteiger partial charge is 0.493 e. The molecule has 7 nitrogen and oxygen atoms in total. The number of carbonyl (C=O) groups excluding carboxylic acids is 2. The number of benzene rings is 1. The van der Waals surface area contributed by atoms with Crippen LogP contribution in [0.1, 0.15) is 24.5 Å². The predicted molar refractivity (Wildman–Crippen MR) is 101 cm³/mol. The molecule has 0 fully saturated rings. The van der Waals surface area contributed by atoms with Crippen molar-refractivity contribution >= 4 is 28.2 Å². The summed E-state index contributed by atoms with van der Waals surface area (Å²) in [5, 5.41) is 13.7. The van der Waals surface area contributed by atoms with Gasteiger partial charge in [0.1, 0.15) is 11.1 Å². The van der Waals surface area contributed by atoms with Gasteiger partial charge in [0.2, 0.25) is 0 Å². The van der Waals surface area contributed by atoms with E-state index < -0.39 is 18.0 Å². The van der Waals surface area contributed by atoms with Crippen LogP contribution in [0.25, 0.3) is 0 Å². The fourth-order valence-corrected chi connectivity index (χ4v) is 3.14. The summed E-state index contributed by atoms with van der Waals surface area (Å²) >= 11 is 1.23. The van der Waals surface area contributed by atoms with Gasteiger partial charge < -0.3 is 19.5 Å². The molecule has 1 aromatic carbocycles. The molecule has 1 amide bonds. The SMILES string of the molecule is COc1cccc(CCC(=O)O[C@@H](C)C(=O)Nc2sccc2C#N)c1OC. The van der Waals surface area contributed by atoms with Gasteiger partial charge in [0.15, 0.2) is 17.6 Å². The summed E-state index contributed by atoms with van der Waals surface area (Å²) in [5.41, 5.74) is 1.18. The van der Waals surface area contributed by atoms with Crippen molar-refractivity contribution in [2.24, 2.45) is 0 Å². The molecule has 1 heterocycles. The highest BCUT2D eigenvalue weighted by Crippen LogP contribution is 2.31. The minimum absolute atomic E-state index is 0.0869. The highest BCUT2D eigenvalue weighted by atomic mass is 32.1. The van der Waals surface area contributed by atoms with Crippen LogP contribution in [0.3, 0.4) is 0 Å². The van der Waals surface area contributed by atoms with Crippen molar-refractivity contribution in [3.63, 3.8) is 0 Å². The van der Waals surface area contributed by atoms with Gasteiger partial charge in [-0.3, -0.25) is 9.59 Å². The van der Waals surface area contributed by atoms with E-state index in [9.17, 15) is 9.59 Å². The number of esters is 1. The number of para-hydroxylation sites is 1. The van der Waals surface area contributed by atoms with Gasteiger partial charge in [-0.1, -0.05) is 12.1 Å². The van der Waals surface area contributed by atoms with Crippen LogP contribution in [0.4, 0.5) is 5.00 Å². The first-order valence-corrected chi connectivity index (χ1v) is 9.06. The Morgan fingerprint density at radius 1 is 1.26 bits per heavy atom. The van der Waals surface area contributed by atoms with Gasteiger partial charge in [0.25, 0.3) is 5.91 Å². The molecule has 8 heteroatoms. The zero-order valence-corrected chi connectivity index (χ0v) is 16.1. The molecule has 0 unspecified atom stereocenters.